The lowest BCUT2D eigenvalue weighted by atomic mass is 9.98. The molecule has 0 aliphatic heterocycles. The molecule has 1 aliphatic rings. The Balaban J connectivity index is 2.73. The molecule has 1 aliphatic carbocycles. The summed E-state index contributed by atoms with van der Waals surface area (Å²) < 4.78 is 1.53. The van der Waals surface area contributed by atoms with Crippen molar-refractivity contribution in [2.24, 2.45) is 0 Å². The molecule has 0 nitrogen and oxygen atoms in total. The lowest BCUT2D eigenvalue weighted by molar-refractivity contribution is 0.629. The zero-order valence-electron chi connectivity index (χ0n) is 5.45. The molecule has 0 saturated carbocycles. The van der Waals surface area contributed by atoms with Gasteiger partial charge in [0.05, 0.1) is 4.32 Å². The van der Waals surface area contributed by atoms with Crippen LogP contribution in [-0.2, 0) is 0 Å². The van der Waals surface area contributed by atoms with Gasteiger partial charge < -0.3 is 0 Å². The van der Waals surface area contributed by atoms with Gasteiger partial charge in [0.2, 0.25) is 0 Å². The summed E-state index contributed by atoms with van der Waals surface area (Å²) in [6.45, 7) is 2.20. The number of rotatable bonds is 0. The van der Waals surface area contributed by atoms with Crippen LogP contribution in [0.3, 0.4) is 0 Å². The first kappa shape index (κ1) is 7.80. The topological polar surface area (TPSA) is 0 Å². The van der Waals surface area contributed by atoms with Crippen molar-refractivity contribution in [1.29, 1.82) is 0 Å². The largest absolute Gasteiger partial charge is 0.0799 e. The van der Waals surface area contributed by atoms with E-state index in [0.717, 1.165) is 0 Å². The van der Waals surface area contributed by atoms with Crippen LogP contribution in [0, 0.1) is 0 Å². The lowest BCUT2D eigenvalue weighted by Gasteiger charge is -2.25. The Labute approximate surface area is 73.0 Å². The van der Waals surface area contributed by atoms with E-state index >= 15 is 0 Å². The van der Waals surface area contributed by atoms with Crippen LogP contribution < -0.4 is 0 Å². The smallest absolute Gasteiger partial charge is 0.0540 e. The average molecular weight is 254 g/mol. The maximum Gasteiger partial charge on any atom is 0.0540 e. The third kappa shape index (κ3) is 1.81. The van der Waals surface area contributed by atoms with Crippen LogP contribution in [0.4, 0.5) is 0 Å². The standard InChI is InChI=1S/C7H10Br2/c1-7(9)5-3-2-4-6(7)8/h4H,2-3,5H2,1H3. The van der Waals surface area contributed by atoms with Crippen LogP contribution in [0.2, 0.25) is 0 Å². The molecule has 0 fully saturated rings. The molecule has 0 radical (unpaired) electrons. The maximum absolute atomic E-state index is 3.64. The van der Waals surface area contributed by atoms with E-state index in [0.29, 0.717) is 0 Å². The van der Waals surface area contributed by atoms with Crippen LogP contribution in [0.25, 0.3) is 0 Å². The van der Waals surface area contributed by atoms with Gasteiger partial charge in [0.15, 0.2) is 0 Å². The van der Waals surface area contributed by atoms with E-state index in [1.165, 1.54) is 23.7 Å². The Morgan fingerprint density at radius 1 is 1.67 bits per heavy atom. The summed E-state index contributed by atoms with van der Waals surface area (Å²) in [4.78, 5) is 0. The van der Waals surface area contributed by atoms with E-state index in [1.54, 1.807) is 0 Å². The zero-order valence-corrected chi connectivity index (χ0v) is 8.63. The first-order valence-electron chi connectivity index (χ1n) is 3.18. The molecule has 1 atom stereocenters. The molecule has 0 aromatic rings. The summed E-state index contributed by atoms with van der Waals surface area (Å²) in [6.07, 6.45) is 6.01. The summed E-state index contributed by atoms with van der Waals surface area (Å²) in [6, 6.07) is 0. The molecule has 0 bridgehead atoms. The second-order valence-corrected chi connectivity index (χ2v) is 5.25. The number of allylic oxidation sites excluding steroid dienone is 2. The van der Waals surface area contributed by atoms with E-state index in [-0.39, 0.29) is 4.32 Å². The van der Waals surface area contributed by atoms with Crippen molar-refractivity contribution in [3.8, 4) is 0 Å². The first-order chi connectivity index (χ1) is 4.13. The van der Waals surface area contributed by atoms with Gasteiger partial charge in [-0.1, -0.05) is 37.9 Å². The van der Waals surface area contributed by atoms with E-state index in [4.69, 9.17) is 0 Å². The number of halogens is 2. The lowest BCUT2D eigenvalue weighted by Crippen LogP contribution is -2.18. The minimum atomic E-state index is 0.227. The summed E-state index contributed by atoms with van der Waals surface area (Å²) >= 11 is 7.17. The van der Waals surface area contributed by atoms with Gasteiger partial charge in [-0.25, -0.2) is 0 Å². The highest BCUT2D eigenvalue weighted by Crippen LogP contribution is 2.39. The molecule has 1 rings (SSSR count). The van der Waals surface area contributed by atoms with E-state index in [9.17, 15) is 0 Å². The highest BCUT2D eigenvalue weighted by molar-refractivity contribution is 9.14. The number of alkyl halides is 1. The quantitative estimate of drug-likeness (QED) is 0.579. The Kier molecular flexibility index (Phi) is 2.38. The van der Waals surface area contributed by atoms with Crippen LogP contribution in [0.5, 0.6) is 0 Å². The summed E-state index contributed by atoms with van der Waals surface area (Å²) in [7, 11) is 0. The average Bonchev–Trinajstić information content (AvgIpc) is 1.77. The number of hydrogen-bond acceptors (Lipinski definition) is 0. The normalized spacial score (nSPS) is 36.1. The molecule has 0 aromatic heterocycles. The molecular weight excluding hydrogens is 244 g/mol. The molecule has 0 spiro atoms. The van der Waals surface area contributed by atoms with Crippen LogP contribution >= 0.6 is 31.9 Å². The van der Waals surface area contributed by atoms with Crippen molar-refractivity contribution < 1.29 is 0 Å². The van der Waals surface area contributed by atoms with Crippen LogP contribution in [0.1, 0.15) is 26.2 Å². The Morgan fingerprint density at radius 2 is 2.33 bits per heavy atom. The highest BCUT2D eigenvalue weighted by atomic mass is 79.9. The van der Waals surface area contributed by atoms with Gasteiger partial charge in [-0.15, -0.1) is 0 Å². The van der Waals surface area contributed by atoms with Crippen molar-refractivity contribution in [2.75, 3.05) is 0 Å². The van der Waals surface area contributed by atoms with Crippen molar-refractivity contribution in [3.05, 3.63) is 10.6 Å². The third-order valence-electron chi connectivity index (χ3n) is 1.67. The fourth-order valence-corrected chi connectivity index (χ4v) is 1.86. The Bertz CT molecular complexity index is 136. The van der Waals surface area contributed by atoms with Crippen molar-refractivity contribution in [2.45, 2.75) is 30.5 Å². The van der Waals surface area contributed by atoms with E-state index in [2.05, 4.69) is 44.9 Å². The van der Waals surface area contributed by atoms with Crippen LogP contribution in [0.15, 0.2) is 10.6 Å². The Morgan fingerprint density at radius 3 is 2.67 bits per heavy atom. The third-order valence-corrected chi connectivity index (χ3v) is 4.23. The zero-order chi connectivity index (χ0) is 6.91. The predicted octanol–water partition coefficient (Wildman–Crippen LogP) is 3.60. The fourth-order valence-electron chi connectivity index (χ4n) is 0.995. The number of hydrogen-bond donors (Lipinski definition) is 0. The summed E-state index contributed by atoms with van der Waals surface area (Å²) in [5, 5.41) is 0. The van der Waals surface area contributed by atoms with Crippen molar-refractivity contribution in [3.63, 3.8) is 0 Å². The van der Waals surface area contributed by atoms with Gasteiger partial charge in [0.25, 0.3) is 0 Å². The summed E-state index contributed by atoms with van der Waals surface area (Å²) in [5.41, 5.74) is 0. The van der Waals surface area contributed by atoms with Gasteiger partial charge in [-0.3, -0.25) is 0 Å². The molecule has 9 heavy (non-hydrogen) atoms. The van der Waals surface area contributed by atoms with Gasteiger partial charge >= 0.3 is 0 Å². The monoisotopic (exact) mass is 252 g/mol. The molecule has 52 valence electrons. The predicted molar refractivity (Wildman–Crippen MR) is 48.2 cm³/mol. The first-order valence-corrected chi connectivity index (χ1v) is 4.76. The molecule has 1 unspecified atom stereocenters. The van der Waals surface area contributed by atoms with Gasteiger partial charge in [0, 0.05) is 4.48 Å². The molecule has 0 N–H and O–H groups in total. The molecule has 0 aromatic carbocycles. The molecule has 2 heteroatoms. The minimum absolute atomic E-state index is 0.227. The minimum Gasteiger partial charge on any atom is -0.0799 e. The second kappa shape index (κ2) is 2.75. The van der Waals surface area contributed by atoms with Crippen LogP contribution in [-0.4, -0.2) is 4.32 Å². The maximum atomic E-state index is 3.64. The fraction of sp³-hybridized carbons (Fsp3) is 0.714. The van der Waals surface area contributed by atoms with E-state index in [1.807, 2.05) is 0 Å². The molecule has 0 saturated heterocycles. The van der Waals surface area contributed by atoms with Gasteiger partial charge in [-0.05, 0) is 26.2 Å². The van der Waals surface area contributed by atoms with Crippen molar-refractivity contribution >= 4 is 31.9 Å². The molecule has 0 heterocycles. The van der Waals surface area contributed by atoms with E-state index < -0.39 is 0 Å². The summed E-state index contributed by atoms with van der Waals surface area (Å²) in [5.74, 6) is 0. The van der Waals surface area contributed by atoms with Crippen molar-refractivity contribution in [1.82, 2.24) is 0 Å². The molecule has 0 amide bonds. The SMILES string of the molecule is CC1(Br)CCCC=C1Br. The molecular formula is C7H10Br2. The second-order valence-electron chi connectivity index (χ2n) is 2.64. The van der Waals surface area contributed by atoms with Gasteiger partial charge in [0.1, 0.15) is 0 Å². The highest BCUT2D eigenvalue weighted by Gasteiger charge is 2.25. The van der Waals surface area contributed by atoms with Gasteiger partial charge in [-0.2, -0.15) is 0 Å². The Hall–Kier alpha value is 0.700.